The van der Waals surface area contributed by atoms with E-state index in [9.17, 15) is 0 Å². The van der Waals surface area contributed by atoms with Crippen LogP contribution in [0.1, 0.15) is 31.2 Å². The molecule has 2 heterocycles. The van der Waals surface area contributed by atoms with Crippen molar-refractivity contribution in [1.29, 1.82) is 0 Å². The lowest BCUT2D eigenvalue weighted by Gasteiger charge is -2.32. The number of hydrogen-bond acceptors (Lipinski definition) is 3. The fourth-order valence-electron chi connectivity index (χ4n) is 2.75. The van der Waals surface area contributed by atoms with Gasteiger partial charge in [-0.15, -0.1) is 0 Å². The van der Waals surface area contributed by atoms with Crippen molar-refractivity contribution < 1.29 is 4.74 Å². The molecule has 0 aliphatic carbocycles. The number of nitrogens with zero attached hydrogens (tertiary/aromatic N) is 2. The van der Waals surface area contributed by atoms with E-state index in [4.69, 9.17) is 4.74 Å². The fourth-order valence-corrected chi connectivity index (χ4v) is 3.24. The normalized spacial score (nSPS) is 23.8. The van der Waals surface area contributed by atoms with Gasteiger partial charge in [0.1, 0.15) is 0 Å². The first-order valence-electron chi connectivity index (χ1n) is 7.12. The van der Waals surface area contributed by atoms with Crippen molar-refractivity contribution >= 4 is 15.9 Å². The Bertz CT molecular complexity index is 419. The molecule has 1 fully saturated rings. The lowest BCUT2D eigenvalue weighted by molar-refractivity contribution is 0.0315. The molecule has 1 aliphatic rings. The summed E-state index contributed by atoms with van der Waals surface area (Å²) in [6.07, 6.45) is 3.30. The first kappa shape index (κ1) is 15.0. The zero-order chi connectivity index (χ0) is 13.8. The summed E-state index contributed by atoms with van der Waals surface area (Å²) in [5.41, 5.74) is 2.34. The van der Waals surface area contributed by atoms with Crippen LogP contribution in [0.15, 0.2) is 4.47 Å². The average Bonchev–Trinajstić information content (AvgIpc) is 2.64. The first-order chi connectivity index (χ1) is 9.13. The quantitative estimate of drug-likeness (QED) is 0.901. The summed E-state index contributed by atoms with van der Waals surface area (Å²) in [6.45, 7) is 7.06. The Morgan fingerprint density at radius 1 is 1.53 bits per heavy atom. The van der Waals surface area contributed by atoms with Gasteiger partial charge in [-0.2, -0.15) is 5.10 Å². The van der Waals surface area contributed by atoms with E-state index in [-0.39, 0.29) is 0 Å². The Hall–Kier alpha value is -0.390. The van der Waals surface area contributed by atoms with Gasteiger partial charge in [0.05, 0.1) is 22.5 Å². The molecule has 2 atom stereocenters. The summed E-state index contributed by atoms with van der Waals surface area (Å²) in [6, 6.07) is 0.566. The van der Waals surface area contributed by atoms with E-state index >= 15 is 0 Å². The lowest BCUT2D eigenvalue weighted by atomic mass is 9.91. The van der Waals surface area contributed by atoms with Gasteiger partial charge in [-0.3, -0.25) is 4.68 Å². The van der Waals surface area contributed by atoms with Gasteiger partial charge in [-0.05, 0) is 48.7 Å². The van der Waals surface area contributed by atoms with Gasteiger partial charge in [0.25, 0.3) is 0 Å². The maximum Gasteiger partial charge on any atom is 0.0738 e. The van der Waals surface area contributed by atoms with E-state index < -0.39 is 0 Å². The molecule has 5 heteroatoms. The zero-order valence-electron chi connectivity index (χ0n) is 12.1. The van der Waals surface area contributed by atoms with Crippen LogP contribution in [0.5, 0.6) is 0 Å². The second-order valence-electron chi connectivity index (χ2n) is 5.36. The van der Waals surface area contributed by atoms with Crippen molar-refractivity contribution in [3.05, 3.63) is 15.9 Å². The predicted molar refractivity (Wildman–Crippen MR) is 80.4 cm³/mol. The molecular weight excluding hydrogens is 306 g/mol. The highest BCUT2D eigenvalue weighted by Gasteiger charge is 2.27. The number of hydrogen-bond donors (Lipinski definition) is 1. The van der Waals surface area contributed by atoms with Crippen LogP contribution in [0.3, 0.4) is 0 Å². The molecule has 0 saturated carbocycles. The molecule has 108 valence electrons. The smallest absolute Gasteiger partial charge is 0.0738 e. The van der Waals surface area contributed by atoms with Gasteiger partial charge in [-0.25, -0.2) is 0 Å². The Morgan fingerprint density at radius 3 is 2.95 bits per heavy atom. The highest BCUT2D eigenvalue weighted by Crippen LogP contribution is 2.26. The molecule has 2 rings (SSSR count). The molecule has 0 aromatic carbocycles. The van der Waals surface area contributed by atoms with Crippen LogP contribution in [0.4, 0.5) is 0 Å². The highest BCUT2D eigenvalue weighted by atomic mass is 79.9. The number of ether oxygens (including phenoxy) is 1. The van der Waals surface area contributed by atoms with Crippen LogP contribution in [-0.4, -0.2) is 35.6 Å². The van der Waals surface area contributed by atoms with E-state index in [0.29, 0.717) is 12.0 Å². The Morgan fingerprint density at radius 2 is 2.32 bits per heavy atom. The van der Waals surface area contributed by atoms with E-state index in [1.165, 1.54) is 12.1 Å². The topological polar surface area (TPSA) is 39.1 Å². The standard InChI is InChI=1S/C14H24BrN3O/c1-4-6-16-12-5-7-19-9-11(12)8-13-14(15)10(2)17-18(13)3/h11-12,16H,4-9H2,1-3H3. The third-order valence-electron chi connectivity index (χ3n) is 3.85. The second-order valence-corrected chi connectivity index (χ2v) is 6.15. The minimum Gasteiger partial charge on any atom is -0.381 e. The molecule has 2 unspecified atom stereocenters. The maximum atomic E-state index is 5.67. The fraction of sp³-hybridized carbons (Fsp3) is 0.786. The van der Waals surface area contributed by atoms with Crippen LogP contribution in [0.25, 0.3) is 0 Å². The minimum atomic E-state index is 0.534. The molecule has 1 aromatic rings. The molecule has 0 bridgehead atoms. The summed E-state index contributed by atoms with van der Waals surface area (Å²) in [5, 5.41) is 8.13. The molecule has 0 amide bonds. The molecule has 4 nitrogen and oxygen atoms in total. The van der Waals surface area contributed by atoms with Crippen LogP contribution >= 0.6 is 15.9 Å². The van der Waals surface area contributed by atoms with Crippen molar-refractivity contribution in [3.63, 3.8) is 0 Å². The van der Waals surface area contributed by atoms with Gasteiger partial charge < -0.3 is 10.1 Å². The summed E-state index contributed by atoms with van der Waals surface area (Å²) >= 11 is 3.66. The van der Waals surface area contributed by atoms with Crippen LogP contribution in [0, 0.1) is 12.8 Å². The summed E-state index contributed by atoms with van der Waals surface area (Å²) in [4.78, 5) is 0. The second kappa shape index (κ2) is 6.86. The molecule has 1 aliphatic heterocycles. The predicted octanol–water partition coefficient (Wildman–Crippen LogP) is 2.44. The van der Waals surface area contributed by atoms with Gasteiger partial charge in [0.2, 0.25) is 0 Å². The van der Waals surface area contributed by atoms with E-state index in [2.05, 4.69) is 33.3 Å². The Labute approximate surface area is 124 Å². The monoisotopic (exact) mass is 329 g/mol. The molecule has 0 spiro atoms. The molecular formula is C14H24BrN3O. The van der Waals surface area contributed by atoms with Crippen molar-refractivity contribution in [2.45, 2.75) is 39.2 Å². The first-order valence-corrected chi connectivity index (χ1v) is 7.91. The Balaban J connectivity index is 2.06. The average molecular weight is 330 g/mol. The minimum absolute atomic E-state index is 0.534. The van der Waals surface area contributed by atoms with Gasteiger partial charge in [0, 0.05) is 25.6 Å². The number of aryl methyl sites for hydroxylation is 2. The number of nitrogens with one attached hydrogen (secondary N) is 1. The molecule has 1 N–H and O–H groups in total. The molecule has 1 aromatic heterocycles. The van der Waals surface area contributed by atoms with Crippen LogP contribution in [-0.2, 0) is 18.2 Å². The third-order valence-corrected chi connectivity index (χ3v) is 4.88. The molecule has 19 heavy (non-hydrogen) atoms. The number of halogens is 1. The highest BCUT2D eigenvalue weighted by molar-refractivity contribution is 9.10. The number of aromatic nitrogens is 2. The van der Waals surface area contributed by atoms with Crippen molar-refractivity contribution in [1.82, 2.24) is 15.1 Å². The van der Waals surface area contributed by atoms with E-state index in [1.807, 2.05) is 18.7 Å². The van der Waals surface area contributed by atoms with Gasteiger partial charge >= 0.3 is 0 Å². The van der Waals surface area contributed by atoms with Crippen LogP contribution < -0.4 is 5.32 Å². The van der Waals surface area contributed by atoms with Gasteiger partial charge in [-0.1, -0.05) is 6.92 Å². The van der Waals surface area contributed by atoms with Crippen molar-refractivity contribution in [3.8, 4) is 0 Å². The summed E-state index contributed by atoms with van der Waals surface area (Å²) in [5.74, 6) is 0.534. The zero-order valence-corrected chi connectivity index (χ0v) is 13.7. The molecule has 1 saturated heterocycles. The Kier molecular flexibility index (Phi) is 5.42. The maximum absolute atomic E-state index is 5.67. The van der Waals surface area contributed by atoms with Gasteiger partial charge in [0.15, 0.2) is 0 Å². The van der Waals surface area contributed by atoms with Crippen LogP contribution in [0.2, 0.25) is 0 Å². The van der Waals surface area contributed by atoms with E-state index in [0.717, 1.165) is 42.8 Å². The lowest BCUT2D eigenvalue weighted by Crippen LogP contribution is -2.44. The summed E-state index contributed by atoms with van der Waals surface area (Å²) in [7, 11) is 2.02. The van der Waals surface area contributed by atoms with E-state index in [1.54, 1.807) is 0 Å². The van der Waals surface area contributed by atoms with Crippen molar-refractivity contribution in [2.75, 3.05) is 19.8 Å². The largest absolute Gasteiger partial charge is 0.381 e. The number of rotatable bonds is 5. The third kappa shape index (κ3) is 3.58. The van der Waals surface area contributed by atoms with Crippen molar-refractivity contribution in [2.24, 2.45) is 13.0 Å². The summed E-state index contributed by atoms with van der Waals surface area (Å²) < 4.78 is 8.81. The molecule has 0 radical (unpaired) electrons. The SMILES string of the molecule is CCCNC1CCOCC1Cc1c(Br)c(C)nn1C.